The molecule has 2 amide bonds. The fourth-order valence-electron chi connectivity index (χ4n) is 4.11. The number of carboxylic acids is 1. The van der Waals surface area contributed by atoms with E-state index in [0.29, 0.717) is 37.3 Å². The van der Waals surface area contributed by atoms with E-state index in [1.54, 1.807) is 12.1 Å². The smallest absolute Gasteiger partial charge is 0.329 e. The highest BCUT2D eigenvalue weighted by molar-refractivity contribution is 5.98. The maximum absolute atomic E-state index is 12.6. The molecule has 1 saturated heterocycles. The van der Waals surface area contributed by atoms with Crippen molar-refractivity contribution in [3.05, 3.63) is 35.4 Å². The molecule has 1 aliphatic heterocycles. The van der Waals surface area contributed by atoms with Crippen molar-refractivity contribution in [2.24, 2.45) is 5.92 Å². The van der Waals surface area contributed by atoms with Gasteiger partial charge in [0, 0.05) is 25.1 Å². The van der Waals surface area contributed by atoms with Crippen LogP contribution in [0.3, 0.4) is 0 Å². The molecule has 6 heteroatoms. The first-order valence-corrected chi connectivity index (χ1v) is 9.86. The van der Waals surface area contributed by atoms with Gasteiger partial charge in [0.15, 0.2) is 0 Å². The summed E-state index contributed by atoms with van der Waals surface area (Å²) in [5.41, 5.74) is 0.256. The SMILES string of the molecule is CCC1CCC(NC(=O)c2ccc(CN3CCCC3=O)cc2)(C(=O)O)CC1. The molecule has 1 aromatic carbocycles. The average Bonchev–Trinajstić information content (AvgIpc) is 3.07. The molecule has 2 fully saturated rings. The molecule has 3 rings (SSSR count). The largest absolute Gasteiger partial charge is 0.480 e. The maximum Gasteiger partial charge on any atom is 0.329 e. The molecule has 146 valence electrons. The van der Waals surface area contributed by atoms with Crippen molar-refractivity contribution in [2.75, 3.05) is 6.54 Å². The number of carboxylic acid groups (broad SMARTS) is 1. The Morgan fingerprint density at radius 3 is 2.41 bits per heavy atom. The molecular weight excluding hydrogens is 344 g/mol. The third-order valence-electron chi connectivity index (χ3n) is 6.06. The Kier molecular flexibility index (Phi) is 5.82. The van der Waals surface area contributed by atoms with Crippen LogP contribution in [0.5, 0.6) is 0 Å². The average molecular weight is 372 g/mol. The minimum atomic E-state index is -1.16. The predicted molar refractivity (Wildman–Crippen MR) is 101 cm³/mol. The second kappa shape index (κ2) is 8.11. The number of nitrogens with one attached hydrogen (secondary N) is 1. The molecule has 2 N–H and O–H groups in total. The van der Waals surface area contributed by atoms with Crippen LogP contribution in [0.1, 0.15) is 67.8 Å². The highest BCUT2D eigenvalue weighted by Gasteiger charge is 2.43. The van der Waals surface area contributed by atoms with Gasteiger partial charge in [0.05, 0.1) is 0 Å². The topological polar surface area (TPSA) is 86.7 Å². The van der Waals surface area contributed by atoms with Gasteiger partial charge in [-0.1, -0.05) is 25.5 Å². The fourth-order valence-corrected chi connectivity index (χ4v) is 4.11. The summed E-state index contributed by atoms with van der Waals surface area (Å²) in [6.45, 7) is 3.45. The van der Waals surface area contributed by atoms with Crippen LogP contribution in [0.25, 0.3) is 0 Å². The molecule has 27 heavy (non-hydrogen) atoms. The number of hydrogen-bond acceptors (Lipinski definition) is 3. The van der Waals surface area contributed by atoms with E-state index >= 15 is 0 Å². The molecule has 1 saturated carbocycles. The zero-order valence-corrected chi connectivity index (χ0v) is 15.9. The van der Waals surface area contributed by atoms with Gasteiger partial charge < -0.3 is 15.3 Å². The van der Waals surface area contributed by atoms with Crippen molar-refractivity contribution < 1.29 is 19.5 Å². The number of nitrogens with zero attached hydrogens (tertiary/aromatic N) is 1. The Morgan fingerprint density at radius 2 is 1.89 bits per heavy atom. The van der Waals surface area contributed by atoms with Crippen LogP contribution >= 0.6 is 0 Å². The summed E-state index contributed by atoms with van der Waals surface area (Å²) in [7, 11) is 0. The van der Waals surface area contributed by atoms with Gasteiger partial charge in [0.1, 0.15) is 5.54 Å². The summed E-state index contributed by atoms with van der Waals surface area (Å²) < 4.78 is 0. The quantitative estimate of drug-likeness (QED) is 0.804. The standard InChI is InChI=1S/C21H28N2O4/c1-2-15-9-11-21(12-10-15,20(26)27)22-19(25)17-7-5-16(6-8-17)14-23-13-3-4-18(23)24/h5-8,15H,2-4,9-14H2,1H3,(H,22,25)(H,26,27). The minimum Gasteiger partial charge on any atom is -0.480 e. The Balaban J connectivity index is 1.64. The monoisotopic (exact) mass is 372 g/mol. The van der Waals surface area contributed by atoms with Gasteiger partial charge in [-0.25, -0.2) is 4.79 Å². The summed E-state index contributed by atoms with van der Waals surface area (Å²) >= 11 is 0. The van der Waals surface area contributed by atoms with Crippen LogP contribution in [0.15, 0.2) is 24.3 Å². The summed E-state index contributed by atoms with van der Waals surface area (Å²) in [5.74, 6) is -0.587. The van der Waals surface area contributed by atoms with Crippen molar-refractivity contribution in [1.82, 2.24) is 10.2 Å². The lowest BCUT2D eigenvalue weighted by Gasteiger charge is -2.37. The van der Waals surface area contributed by atoms with Crippen molar-refractivity contribution in [3.8, 4) is 0 Å². The summed E-state index contributed by atoms with van der Waals surface area (Å²) in [6, 6.07) is 7.08. The Morgan fingerprint density at radius 1 is 1.22 bits per heavy atom. The van der Waals surface area contributed by atoms with Crippen LogP contribution in [0, 0.1) is 5.92 Å². The van der Waals surface area contributed by atoms with Gasteiger partial charge in [0.25, 0.3) is 5.91 Å². The second-order valence-corrected chi connectivity index (χ2v) is 7.81. The molecule has 1 aromatic rings. The van der Waals surface area contributed by atoms with Gasteiger partial charge in [-0.3, -0.25) is 9.59 Å². The van der Waals surface area contributed by atoms with Crippen LogP contribution in [0.2, 0.25) is 0 Å². The van der Waals surface area contributed by atoms with E-state index in [9.17, 15) is 19.5 Å². The number of aliphatic carboxylic acids is 1. The highest BCUT2D eigenvalue weighted by atomic mass is 16.4. The van der Waals surface area contributed by atoms with Gasteiger partial charge >= 0.3 is 5.97 Å². The number of amides is 2. The maximum atomic E-state index is 12.6. The van der Waals surface area contributed by atoms with Gasteiger partial charge in [-0.15, -0.1) is 0 Å². The van der Waals surface area contributed by atoms with E-state index in [-0.39, 0.29) is 11.8 Å². The summed E-state index contributed by atoms with van der Waals surface area (Å²) in [5, 5.41) is 12.5. The molecule has 0 aromatic heterocycles. The lowest BCUT2D eigenvalue weighted by Crippen LogP contribution is -2.56. The van der Waals surface area contributed by atoms with Crippen LogP contribution in [-0.4, -0.2) is 39.9 Å². The Labute approximate surface area is 159 Å². The van der Waals surface area contributed by atoms with Gasteiger partial charge in [-0.2, -0.15) is 0 Å². The first-order valence-electron chi connectivity index (χ1n) is 9.86. The zero-order valence-electron chi connectivity index (χ0n) is 15.9. The predicted octanol–water partition coefficient (Wildman–Crippen LogP) is 2.96. The number of rotatable bonds is 6. The zero-order chi connectivity index (χ0) is 19.4. The molecule has 0 radical (unpaired) electrons. The van der Waals surface area contributed by atoms with E-state index in [0.717, 1.165) is 37.8 Å². The molecule has 0 bridgehead atoms. The van der Waals surface area contributed by atoms with Gasteiger partial charge in [0.2, 0.25) is 5.91 Å². The molecule has 0 atom stereocenters. The van der Waals surface area contributed by atoms with Crippen molar-refractivity contribution >= 4 is 17.8 Å². The first-order chi connectivity index (χ1) is 12.9. The van der Waals surface area contributed by atoms with Crippen LogP contribution < -0.4 is 5.32 Å². The number of hydrogen-bond donors (Lipinski definition) is 2. The third kappa shape index (κ3) is 4.31. The van der Waals surface area contributed by atoms with E-state index in [2.05, 4.69) is 12.2 Å². The number of carbonyl (C=O) groups excluding carboxylic acids is 2. The second-order valence-electron chi connectivity index (χ2n) is 7.81. The van der Waals surface area contributed by atoms with Crippen LogP contribution in [-0.2, 0) is 16.1 Å². The number of benzene rings is 1. The normalized spacial score (nSPS) is 25.4. The van der Waals surface area contributed by atoms with Gasteiger partial charge in [-0.05, 0) is 55.7 Å². The number of carbonyl (C=O) groups is 3. The Bertz CT molecular complexity index is 705. The van der Waals surface area contributed by atoms with Crippen molar-refractivity contribution in [2.45, 2.75) is 64.0 Å². The molecule has 0 unspecified atom stereocenters. The van der Waals surface area contributed by atoms with E-state index in [1.165, 1.54) is 0 Å². The van der Waals surface area contributed by atoms with E-state index in [4.69, 9.17) is 0 Å². The third-order valence-corrected chi connectivity index (χ3v) is 6.06. The fraction of sp³-hybridized carbons (Fsp3) is 0.571. The molecule has 6 nitrogen and oxygen atoms in total. The highest BCUT2D eigenvalue weighted by Crippen LogP contribution is 2.34. The first kappa shape index (κ1) is 19.4. The van der Waals surface area contributed by atoms with E-state index < -0.39 is 11.5 Å². The van der Waals surface area contributed by atoms with Crippen molar-refractivity contribution in [1.29, 1.82) is 0 Å². The summed E-state index contributed by atoms with van der Waals surface area (Å²) in [4.78, 5) is 38.1. The molecule has 2 aliphatic rings. The molecular formula is C21H28N2O4. The minimum absolute atomic E-state index is 0.169. The molecule has 0 spiro atoms. The lowest BCUT2D eigenvalue weighted by molar-refractivity contribution is -0.146. The Hall–Kier alpha value is -2.37. The number of likely N-dealkylation sites (tertiary alicyclic amines) is 1. The molecule has 1 aliphatic carbocycles. The lowest BCUT2D eigenvalue weighted by atomic mass is 9.75. The van der Waals surface area contributed by atoms with E-state index in [1.807, 2.05) is 17.0 Å². The van der Waals surface area contributed by atoms with Crippen molar-refractivity contribution in [3.63, 3.8) is 0 Å². The van der Waals surface area contributed by atoms with Crippen LogP contribution in [0.4, 0.5) is 0 Å². The summed E-state index contributed by atoms with van der Waals surface area (Å²) in [6.07, 6.45) is 5.15. The molecule has 1 heterocycles.